The molecule has 0 unspecified atom stereocenters. The van der Waals surface area contributed by atoms with Gasteiger partial charge in [-0.3, -0.25) is 4.79 Å². The largest absolute Gasteiger partial charge is 0.451 e. The summed E-state index contributed by atoms with van der Waals surface area (Å²) in [6.07, 6.45) is 3.11. The molecule has 3 N–H and O–H groups in total. The van der Waals surface area contributed by atoms with Gasteiger partial charge in [-0.1, -0.05) is 11.6 Å². The van der Waals surface area contributed by atoms with Gasteiger partial charge < -0.3 is 15.5 Å². The van der Waals surface area contributed by atoms with Crippen molar-refractivity contribution < 1.29 is 9.21 Å². The Hall–Kier alpha value is -1.81. The molecular weight excluding hydrogens is 240 g/mol. The third-order valence-corrected chi connectivity index (χ3v) is 3.85. The summed E-state index contributed by atoms with van der Waals surface area (Å²) in [5, 5.41) is 3.81. The van der Waals surface area contributed by atoms with Crippen LogP contribution in [0.5, 0.6) is 0 Å². The van der Waals surface area contributed by atoms with Crippen molar-refractivity contribution in [1.29, 1.82) is 0 Å². The predicted octanol–water partition coefficient (Wildman–Crippen LogP) is 2.35. The van der Waals surface area contributed by atoms with E-state index in [0.29, 0.717) is 12.3 Å². The molecule has 0 aliphatic heterocycles. The number of furan rings is 1. The van der Waals surface area contributed by atoms with Crippen LogP contribution in [0.1, 0.15) is 35.4 Å². The minimum absolute atomic E-state index is 0.189. The van der Waals surface area contributed by atoms with Gasteiger partial charge in [-0.25, -0.2) is 0 Å². The molecule has 1 aromatic carbocycles. The van der Waals surface area contributed by atoms with E-state index in [2.05, 4.69) is 5.32 Å². The highest BCUT2D eigenvalue weighted by atomic mass is 16.3. The Morgan fingerprint density at radius 3 is 2.89 bits per heavy atom. The van der Waals surface area contributed by atoms with Gasteiger partial charge in [0.05, 0.1) is 0 Å². The summed E-state index contributed by atoms with van der Waals surface area (Å²) in [4.78, 5) is 12.0. The third-order valence-electron chi connectivity index (χ3n) is 3.85. The first-order valence-electron chi connectivity index (χ1n) is 6.63. The molecule has 0 radical (unpaired) electrons. The molecule has 4 nitrogen and oxygen atoms in total. The molecule has 100 valence electrons. The zero-order chi connectivity index (χ0) is 13.5. The van der Waals surface area contributed by atoms with Crippen molar-refractivity contribution in [2.75, 3.05) is 6.54 Å². The first-order valence-corrected chi connectivity index (χ1v) is 6.63. The molecule has 1 fully saturated rings. The summed E-state index contributed by atoms with van der Waals surface area (Å²) < 4.78 is 5.55. The second-order valence-corrected chi connectivity index (χ2v) is 5.55. The highest BCUT2D eigenvalue weighted by molar-refractivity contribution is 5.96. The van der Waals surface area contributed by atoms with Crippen LogP contribution in [-0.4, -0.2) is 18.0 Å². The van der Waals surface area contributed by atoms with E-state index in [0.717, 1.165) is 35.8 Å². The number of carbonyl (C=O) groups excluding carboxylic acids is 1. The number of fused-ring (bicyclic) bond motifs is 1. The summed E-state index contributed by atoms with van der Waals surface area (Å²) in [5.41, 5.74) is 7.76. The number of benzene rings is 1. The number of rotatable bonds is 3. The van der Waals surface area contributed by atoms with Gasteiger partial charge in [-0.2, -0.15) is 0 Å². The van der Waals surface area contributed by atoms with Crippen LogP contribution in [-0.2, 0) is 0 Å². The highest BCUT2D eigenvalue weighted by Crippen LogP contribution is 2.28. The Labute approximate surface area is 112 Å². The van der Waals surface area contributed by atoms with Crippen LogP contribution in [0.2, 0.25) is 0 Å². The molecule has 1 aromatic heterocycles. The van der Waals surface area contributed by atoms with Crippen molar-refractivity contribution in [1.82, 2.24) is 5.32 Å². The number of nitrogens with one attached hydrogen (secondary N) is 1. The summed E-state index contributed by atoms with van der Waals surface area (Å²) >= 11 is 0. The van der Waals surface area contributed by atoms with E-state index < -0.39 is 0 Å². The standard InChI is InChI=1S/C15H18N2O2/c1-10-3-4-12-11(7-10)8-13(19-12)14(18)17-9-15(16)5-2-6-15/h3-4,7-8H,2,5-6,9,16H2,1H3,(H,17,18). The minimum atomic E-state index is -0.210. The normalized spacial score (nSPS) is 17.2. The van der Waals surface area contributed by atoms with Crippen LogP contribution in [0.25, 0.3) is 11.0 Å². The molecule has 2 aromatic rings. The van der Waals surface area contributed by atoms with Crippen molar-refractivity contribution in [2.24, 2.45) is 5.73 Å². The van der Waals surface area contributed by atoms with E-state index in [4.69, 9.17) is 10.2 Å². The second kappa shape index (κ2) is 4.38. The lowest BCUT2D eigenvalue weighted by Gasteiger charge is -2.37. The first-order chi connectivity index (χ1) is 9.06. The Morgan fingerprint density at radius 1 is 1.42 bits per heavy atom. The summed E-state index contributed by atoms with van der Waals surface area (Å²) in [5.74, 6) is 0.161. The van der Waals surface area contributed by atoms with Crippen molar-refractivity contribution in [2.45, 2.75) is 31.7 Å². The van der Waals surface area contributed by atoms with Crippen LogP contribution in [0.15, 0.2) is 28.7 Å². The van der Waals surface area contributed by atoms with Gasteiger partial charge in [-0.05, 0) is 44.4 Å². The Morgan fingerprint density at radius 2 is 2.21 bits per heavy atom. The SMILES string of the molecule is Cc1ccc2oc(C(=O)NCC3(N)CCC3)cc2c1. The fourth-order valence-electron chi connectivity index (χ4n) is 2.43. The smallest absolute Gasteiger partial charge is 0.287 e. The molecule has 3 rings (SSSR count). The fourth-order valence-corrected chi connectivity index (χ4v) is 2.43. The molecule has 4 heteroatoms. The average molecular weight is 258 g/mol. The van der Waals surface area contributed by atoms with Crippen LogP contribution in [0.3, 0.4) is 0 Å². The lowest BCUT2D eigenvalue weighted by molar-refractivity contribution is 0.0904. The predicted molar refractivity (Wildman–Crippen MR) is 74.1 cm³/mol. The second-order valence-electron chi connectivity index (χ2n) is 5.55. The molecule has 1 aliphatic rings. The summed E-state index contributed by atoms with van der Waals surface area (Å²) in [6, 6.07) is 7.64. The van der Waals surface area contributed by atoms with Crippen LogP contribution < -0.4 is 11.1 Å². The van der Waals surface area contributed by atoms with Crippen molar-refractivity contribution >= 4 is 16.9 Å². The van der Waals surface area contributed by atoms with Gasteiger partial charge >= 0.3 is 0 Å². The minimum Gasteiger partial charge on any atom is -0.451 e. The molecule has 0 bridgehead atoms. The van der Waals surface area contributed by atoms with Gasteiger partial charge in [0.1, 0.15) is 5.58 Å². The molecule has 0 saturated heterocycles. The van der Waals surface area contributed by atoms with Crippen molar-refractivity contribution in [3.8, 4) is 0 Å². The molecule has 1 saturated carbocycles. The fraction of sp³-hybridized carbons (Fsp3) is 0.400. The zero-order valence-electron chi connectivity index (χ0n) is 11.0. The number of aryl methyl sites for hydroxylation is 1. The number of hydrogen-bond acceptors (Lipinski definition) is 3. The van der Waals surface area contributed by atoms with E-state index in [1.807, 2.05) is 25.1 Å². The third kappa shape index (κ3) is 2.36. The summed E-state index contributed by atoms with van der Waals surface area (Å²) in [7, 11) is 0. The van der Waals surface area contributed by atoms with Gasteiger partial charge in [0, 0.05) is 17.5 Å². The van der Waals surface area contributed by atoms with E-state index >= 15 is 0 Å². The molecular formula is C15H18N2O2. The highest BCUT2D eigenvalue weighted by Gasteiger charge is 2.32. The van der Waals surface area contributed by atoms with E-state index in [-0.39, 0.29) is 11.4 Å². The van der Waals surface area contributed by atoms with E-state index in [9.17, 15) is 4.79 Å². The van der Waals surface area contributed by atoms with Crippen molar-refractivity contribution in [3.63, 3.8) is 0 Å². The Bertz CT molecular complexity index is 626. The quantitative estimate of drug-likeness (QED) is 0.888. The van der Waals surface area contributed by atoms with E-state index in [1.165, 1.54) is 0 Å². The van der Waals surface area contributed by atoms with Crippen LogP contribution in [0.4, 0.5) is 0 Å². The molecule has 0 spiro atoms. The van der Waals surface area contributed by atoms with Crippen LogP contribution >= 0.6 is 0 Å². The molecule has 1 heterocycles. The zero-order valence-corrected chi connectivity index (χ0v) is 11.0. The first kappa shape index (κ1) is 12.2. The molecule has 1 aliphatic carbocycles. The average Bonchev–Trinajstić information content (AvgIpc) is 2.76. The maximum Gasteiger partial charge on any atom is 0.287 e. The Balaban J connectivity index is 1.74. The van der Waals surface area contributed by atoms with Crippen LogP contribution in [0, 0.1) is 6.92 Å². The number of carbonyl (C=O) groups is 1. The van der Waals surface area contributed by atoms with Gasteiger partial charge in [0.2, 0.25) is 0 Å². The number of hydrogen-bond donors (Lipinski definition) is 2. The lowest BCUT2D eigenvalue weighted by atomic mass is 9.78. The lowest BCUT2D eigenvalue weighted by Crippen LogP contribution is -2.54. The maximum atomic E-state index is 12.0. The van der Waals surface area contributed by atoms with Gasteiger partial charge in [-0.15, -0.1) is 0 Å². The van der Waals surface area contributed by atoms with Gasteiger partial charge in [0.15, 0.2) is 5.76 Å². The molecule has 1 amide bonds. The maximum absolute atomic E-state index is 12.0. The number of nitrogens with two attached hydrogens (primary N) is 1. The summed E-state index contributed by atoms with van der Waals surface area (Å²) in [6.45, 7) is 2.53. The number of amides is 1. The van der Waals surface area contributed by atoms with Gasteiger partial charge in [0.25, 0.3) is 5.91 Å². The van der Waals surface area contributed by atoms with E-state index in [1.54, 1.807) is 6.07 Å². The monoisotopic (exact) mass is 258 g/mol. The molecule has 0 atom stereocenters. The topological polar surface area (TPSA) is 68.3 Å². The van der Waals surface area contributed by atoms with Crippen molar-refractivity contribution in [3.05, 3.63) is 35.6 Å². The Kier molecular flexibility index (Phi) is 2.82. The molecule has 19 heavy (non-hydrogen) atoms.